The minimum Gasteiger partial charge on any atom is -0.316 e. The van der Waals surface area contributed by atoms with Gasteiger partial charge in [-0.1, -0.05) is 17.7 Å². The molecule has 1 aromatic carbocycles. The van der Waals surface area contributed by atoms with E-state index < -0.39 is 0 Å². The van der Waals surface area contributed by atoms with E-state index in [1.54, 1.807) is 0 Å². The Morgan fingerprint density at radius 2 is 2.06 bits per heavy atom. The summed E-state index contributed by atoms with van der Waals surface area (Å²) in [6.07, 6.45) is 8.92. The first-order chi connectivity index (χ1) is 8.83. The van der Waals surface area contributed by atoms with Gasteiger partial charge in [-0.05, 0) is 86.7 Å². The van der Waals surface area contributed by atoms with Gasteiger partial charge in [-0.15, -0.1) is 0 Å². The van der Waals surface area contributed by atoms with E-state index in [-0.39, 0.29) is 0 Å². The van der Waals surface area contributed by atoms with E-state index in [0.717, 1.165) is 10.9 Å². The Morgan fingerprint density at radius 3 is 2.89 bits per heavy atom. The van der Waals surface area contributed by atoms with Crippen LogP contribution in [0.15, 0.2) is 12.1 Å². The van der Waals surface area contributed by atoms with E-state index in [2.05, 4.69) is 17.4 Å². The molecule has 0 spiro atoms. The van der Waals surface area contributed by atoms with Crippen molar-refractivity contribution < 1.29 is 0 Å². The number of fused-ring (bicyclic) bond motifs is 1. The lowest BCUT2D eigenvalue weighted by molar-refractivity contribution is 0.376. The van der Waals surface area contributed by atoms with Crippen LogP contribution in [-0.4, -0.2) is 13.1 Å². The maximum Gasteiger partial charge on any atom is 0.0443 e. The zero-order valence-electron chi connectivity index (χ0n) is 11.0. The molecule has 0 saturated carbocycles. The van der Waals surface area contributed by atoms with Crippen LogP contribution in [0.2, 0.25) is 5.02 Å². The third-order valence-electron chi connectivity index (χ3n) is 4.39. The highest BCUT2D eigenvalue weighted by atomic mass is 35.5. The van der Waals surface area contributed by atoms with Crippen LogP contribution in [0.25, 0.3) is 0 Å². The molecule has 18 heavy (non-hydrogen) atoms. The second-order valence-electron chi connectivity index (χ2n) is 5.84. The monoisotopic (exact) mass is 263 g/mol. The lowest BCUT2D eigenvalue weighted by Crippen LogP contribution is -2.30. The summed E-state index contributed by atoms with van der Waals surface area (Å²) in [5.74, 6) is 0.802. The summed E-state index contributed by atoms with van der Waals surface area (Å²) in [5.41, 5.74) is 4.40. The van der Waals surface area contributed by atoms with E-state index in [0.29, 0.717) is 0 Å². The fourth-order valence-corrected chi connectivity index (χ4v) is 3.78. The molecule has 2 aliphatic rings. The molecule has 1 unspecified atom stereocenters. The topological polar surface area (TPSA) is 12.0 Å². The Balaban J connectivity index is 1.77. The Kier molecular flexibility index (Phi) is 3.91. The van der Waals surface area contributed by atoms with Crippen molar-refractivity contribution in [2.75, 3.05) is 13.1 Å². The highest BCUT2D eigenvalue weighted by Gasteiger charge is 2.17. The van der Waals surface area contributed by atoms with Gasteiger partial charge in [0.25, 0.3) is 0 Å². The highest BCUT2D eigenvalue weighted by molar-refractivity contribution is 6.31. The van der Waals surface area contributed by atoms with E-state index in [1.165, 1.54) is 74.7 Å². The first-order valence-electron chi connectivity index (χ1n) is 7.34. The molecular formula is C16H22ClN. The highest BCUT2D eigenvalue weighted by Crippen LogP contribution is 2.30. The lowest BCUT2D eigenvalue weighted by Gasteiger charge is -2.24. The Bertz CT molecular complexity index is 421. The number of piperidine rings is 1. The van der Waals surface area contributed by atoms with Crippen molar-refractivity contribution in [1.82, 2.24) is 5.32 Å². The fourth-order valence-electron chi connectivity index (χ4n) is 3.43. The van der Waals surface area contributed by atoms with E-state index in [4.69, 9.17) is 11.6 Å². The molecule has 0 amide bonds. The van der Waals surface area contributed by atoms with Gasteiger partial charge in [0.05, 0.1) is 0 Å². The molecule has 1 aliphatic heterocycles. The number of halogens is 1. The van der Waals surface area contributed by atoms with Crippen molar-refractivity contribution >= 4 is 11.6 Å². The van der Waals surface area contributed by atoms with Gasteiger partial charge >= 0.3 is 0 Å². The summed E-state index contributed by atoms with van der Waals surface area (Å²) in [5, 5.41) is 4.52. The Labute approximate surface area is 115 Å². The quantitative estimate of drug-likeness (QED) is 0.857. The molecule has 1 saturated heterocycles. The molecule has 2 heteroatoms. The number of nitrogens with one attached hydrogen (secondary N) is 1. The molecule has 0 bridgehead atoms. The SMILES string of the molecule is Clc1cc(CC2CCCNC2)cc2c1CCCC2. The third-order valence-corrected chi connectivity index (χ3v) is 4.73. The second-order valence-corrected chi connectivity index (χ2v) is 6.25. The molecule has 0 aromatic heterocycles. The van der Waals surface area contributed by atoms with Gasteiger partial charge < -0.3 is 5.32 Å². The smallest absolute Gasteiger partial charge is 0.0443 e. The van der Waals surface area contributed by atoms with Gasteiger partial charge in [-0.2, -0.15) is 0 Å². The van der Waals surface area contributed by atoms with E-state index in [9.17, 15) is 0 Å². The van der Waals surface area contributed by atoms with Crippen LogP contribution in [-0.2, 0) is 19.3 Å². The zero-order valence-corrected chi connectivity index (χ0v) is 11.7. The largest absolute Gasteiger partial charge is 0.316 e. The van der Waals surface area contributed by atoms with Crippen molar-refractivity contribution in [3.63, 3.8) is 0 Å². The fraction of sp³-hybridized carbons (Fsp3) is 0.625. The number of rotatable bonds is 2. The van der Waals surface area contributed by atoms with Crippen LogP contribution in [0.5, 0.6) is 0 Å². The van der Waals surface area contributed by atoms with Gasteiger partial charge in [0.2, 0.25) is 0 Å². The summed E-state index contributed by atoms with van der Waals surface area (Å²) in [7, 11) is 0. The first kappa shape index (κ1) is 12.5. The molecule has 1 aromatic rings. The Hall–Kier alpha value is -0.530. The van der Waals surface area contributed by atoms with Crippen molar-refractivity contribution in [3.8, 4) is 0 Å². The van der Waals surface area contributed by atoms with Crippen LogP contribution < -0.4 is 5.32 Å². The maximum absolute atomic E-state index is 6.45. The van der Waals surface area contributed by atoms with Gasteiger partial charge in [0.1, 0.15) is 0 Å². The normalized spacial score (nSPS) is 23.7. The van der Waals surface area contributed by atoms with Crippen molar-refractivity contribution in [2.45, 2.75) is 44.9 Å². The number of hydrogen-bond acceptors (Lipinski definition) is 1. The van der Waals surface area contributed by atoms with Crippen LogP contribution in [0.3, 0.4) is 0 Å². The molecule has 1 heterocycles. The predicted octanol–water partition coefficient (Wildman–Crippen LogP) is 3.76. The molecule has 1 atom stereocenters. The second kappa shape index (κ2) is 5.63. The third kappa shape index (κ3) is 2.73. The maximum atomic E-state index is 6.45. The molecule has 1 N–H and O–H groups in total. The molecule has 0 radical (unpaired) electrons. The standard InChI is InChI=1S/C16H22ClN/c17-16-10-13(8-12-4-3-7-18-11-12)9-14-5-1-2-6-15(14)16/h9-10,12,18H,1-8,11H2. The molecule has 98 valence electrons. The van der Waals surface area contributed by atoms with E-state index in [1.807, 2.05) is 0 Å². The van der Waals surface area contributed by atoms with Crippen LogP contribution in [0.1, 0.15) is 42.4 Å². The molecular weight excluding hydrogens is 242 g/mol. The first-order valence-corrected chi connectivity index (χ1v) is 7.71. The predicted molar refractivity (Wildman–Crippen MR) is 77.4 cm³/mol. The molecule has 3 rings (SSSR count). The minimum absolute atomic E-state index is 0.802. The van der Waals surface area contributed by atoms with Crippen LogP contribution >= 0.6 is 11.6 Å². The van der Waals surface area contributed by atoms with Crippen LogP contribution in [0, 0.1) is 5.92 Å². The van der Waals surface area contributed by atoms with Gasteiger partial charge in [-0.25, -0.2) is 0 Å². The van der Waals surface area contributed by atoms with Gasteiger partial charge in [0, 0.05) is 5.02 Å². The van der Waals surface area contributed by atoms with Crippen molar-refractivity contribution in [3.05, 3.63) is 33.8 Å². The summed E-state index contributed by atoms with van der Waals surface area (Å²) in [4.78, 5) is 0. The lowest BCUT2D eigenvalue weighted by atomic mass is 9.87. The van der Waals surface area contributed by atoms with Crippen molar-refractivity contribution in [2.24, 2.45) is 5.92 Å². The molecule has 1 aliphatic carbocycles. The van der Waals surface area contributed by atoms with Gasteiger partial charge in [-0.3, -0.25) is 0 Å². The summed E-state index contributed by atoms with van der Waals surface area (Å²) in [6, 6.07) is 4.65. The van der Waals surface area contributed by atoms with Crippen molar-refractivity contribution in [1.29, 1.82) is 0 Å². The average Bonchev–Trinajstić information content (AvgIpc) is 2.40. The van der Waals surface area contributed by atoms with Gasteiger partial charge in [0.15, 0.2) is 0 Å². The van der Waals surface area contributed by atoms with Crippen LogP contribution in [0.4, 0.5) is 0 Å². The summed E-state index contributed by atoms with van der Waals surface area (Å²) < 4.78 is 0. The van der Waals surface area contributed by atoms with E-state index >= 15 is 0 Å². The summed E-state index contributed by atoms with van der Waals surface area (Å²) >= 11 is 6.45. The molecule has 1 nitrogen and oxygen atoms in total. The minimum atomic E-state index is 0.802. The summed E-state index contributed by atoms with van der Waals surface area (Å²) in [6.45, 7) is 2.37. The molecule has 1 fully saturated rings. The Morgan fingerprint density at radius 1 is 1.17 bits per heavy atom. The number of hydrogen-bond donors (Lipinski definition) is 1. The number of benzene rings is 1. The number of aryl methyl sites for hydroxylation is 1. The zero-order chi connectivity index (χ0) is 12.4. The average molecular weight is 264 g/mol.